The average Bonchev–Trinajstić information content (AvgIpc) is 3.35. The third-order valence-electron chi connectivity index (χ3n) is 5.98. The topological polar surface area (TPSA) is 29.5 Å². The van der Waals surface area contributed by atoms with Gasteiger partial charge in [0, 0.05) is 30.5 Å². The van der Waals surface area contributed by atoms with Gasteiger partial charge in [-0.2, -0.15) is 0 Å². The Morgan fingerprint density at radius 3 is 2.21 bits per heavy atom. The van der Waals surface area contributed by atoms with E-state index >= 15 is 0 Å². The lowest BCUT2D eigenvalue weighted by Gasteiger charge is -2.20. The van der Waals surface area contributed by atoms with Crippen molar-refractivity contribution >= 4 is 5.91 Å². The summed E-state index contributed by atoms with van der Waals surface area (Å²) in [5.41, 5.74) is 2.94. The van der Waals surface area contributed by atoms with E-state index in [4.69, 9.17) is 4.74 Å². The van der Waals surface area contributed by atoms with Crippen molar-refractivity contribution in [3.63, 3.8) is 0 Å². The standard InChI is InChI=1S/C21H21NO2/c23-21(22-12-17-18(13-22)20-11-10-19(17)24-20)16-9-5-4-8-15(16)14-6-2-1-3-7-14/h1-9,17-20H,10-13H2/t17-,18+,19+,20-. The fourth-order valence-electron chi connectivity index (χ4n) is 4.84. The maximum atomic E-state index is 13.2. The number of nitrogens with zero attached hydrogens (tertiary/aromatic N) is 1. The van der Waals surface area contributed by atoms with Gasteiger partial charge in [0.2, 0.25) is 0 Å². The number of ether oxygens (including phenoxy) is 1. The number of likely N-dealkylation sites (tertiary alicyclic amines) is 1. The summed E-state index contributed by atoms with van der Waals surface area (Å²) in [6, 6.07) is 18.2. The fraction of sp³-hybridized carbons (Fsp3) is 0.381. The minimum atomic E-state index is 0.170. The predicted octanol–water partition coefficient (Wildman–Crippen LogP) is 3.60. The average molecular weight is 319 g/mol. The molecular formula is C21H21NO2. The van der Waals surface area contributed by atoms with Crippen molar-refractivity contribution in [2.75, 3.05) is 13.1 Å². The zero-order valence-electron chi connectivity index (χ0n) is 13.6. The molecule has 2 aromatic carbocycles. The number of hydrogen-bond acceptors (Lipinski definition) is 2. The lowest BCUT2D eigenvalue weighted by atomic mass is 9.82. The largest absolute Gasteiger partial charge is 0.374 e. The molecule has 3 heterocycles. The summed E-state index contributed by atoms with van der Waals surface area (Å²) in [6.45, 7) is 1.71. The SMILES string of the molecule is O=C(c1ccccc1-c1ccccc1)N1C[C@@H]2[C@H](C1)[C@H]1CC[C@@H]2O1. The third kappa shape index (κ3) is 2.11. The molecular weight excluding hydrogens is 298 g/mol. The van der Waals surface area contributed by atoms with Gasteiger partial charge in [0.05, 0.1) is 12.2 Å². The molecule has 0 aromatic heterocycles. The monoisotopic (exact) mass is 319 g/mol. The molecule has 3 fully saturated rings. The van der Waals surface area contributed by atoms with E-state index in [0.29, 0.717) is 24.0 Å². The molecule has 0 radical (unpaired) electrons. The minimum absolute atomic E-state index is 0.170. The highest BCUT2D eigenvalue weighted by Gasteiger charge is 2.53. The molecule has 3 heteroatoms. The van der Waals surface area contributed by atoms with Gasteiger partial charge in [-0.3, -0.25) is 4.79 Å². The smallest absolute Gasteiger partial charge is 0.254 e. The first-order chi connectivity index (χ1) is 11.8. The van der Waals surface area contributed by atoms with E-state index in [2.05, 4.69) is 17.0 Å². The first-order valence-electron chi connectivity index (χ1n) is 8.90. The van der Waals surface area contributed by atoms with Crippen molar-refractivity contribution in [3.05, 3.63) is 60.2 Å². The number of benzene rings is 2. The Morgan fingerprint density at radius 1 is 0.875 bits per heavy atom. The summed E-state index contributed by atoms with van der Waals surface area (Å²) in [6.07, 6.45) is 3.13. The predicted molar refractivity (Wildman–Crippen MR) is 92.7 cm³/mol. The van der Waals surface area contributed by atoms with E-state index in [9.17, 15) is 4.79 Å². The van der Waals surface area contributed by atoms with E-state index in [1.54, 1.807) is 0 Å². The number of fused-ring (bicyclic) bond motifs is 5. The highest BCUT2D eigenvalue weighted by molar-refractivity contribution is 6.01. The third-order valence-corrected chi connectivity index (χ3v) is 5.98. The first kappa shape index (κ1) is 14.2. The molecule has 0 unspecified atom stereocenters. The Bertz CT molecular complexity index is 754. The molecule has 4 atom stereocenters. The molecule has 0 N–H and O–H groups in total. The van der Waals surface area contributed by atoms with E-state index in [0.717, 1.165) is 29.8 Å². The van der Waals surface area contributed by atoms with Gasteiger partial charge in [0.25, 0.3) is 5.91 Å². The van der Waals surface area contributed by atoms with E-state index < -0.39 is 0 Å². The van der Waals surface area contributed by atoms with Gasteiger partial charge in [0.1, 0.15) is 0 Å². The summed E-state index contributed by atoms with van der Waals surface area (Å²) in [4.78, 5) is 15.3. The molecule has 3 aliphatic heterocycles. The second-order valence-corrected chi connectivity index (χ2v) is 7.24. The molecule has 122 valence electrons. The van der Waals surface area contributed by atoms with Crippen LogP contribution in [0, 0.1) is 11.8 Å². The van der Waals surface area contributed by atoms with Crippen LogP contribution in [0.1, 0.15) is 23.2 Å². The van der Waals surface area contributed by atoms with Crippen LogP contribution in [0.5, 0.6) is 0 Å². The molecule has 0 aliphatic carbocycles. The summed E-state index contributed by atoms with van der Waals surface area (Å²) in [7, 11) is 0. The highest BCUT2D eigenvalue weighted by Crippen LogP contribution is 2.47. The molecule has 3 saturated heterocycles. The molecule has 1 amide bonds. The summed E-state index contributed by atoms with van der Waals surface area (Å²) in [5.74, 6) is 1.27. The lowest BCUT2D eigenvalue weighted by Crippen LogP contribution is -2.31. The van der Waals surface area contributed by atoms with E-state index in [1.165, 1.54) is 12.8 Å². The minimum Gasteiger partial charge on any atom is -0.374 e. The van der Waals surface area contributed by atoms with Gasteiger partial charge < -0.3 is 9.64 Å². The second-order valence-electron chi connectivity index (χ2n) is 7.24. The molecule has 3 aliphatic rings. The van der Waals surface area contributed by atoms with Crippen LogP contribution in [0.3, 0.4) is 0 Å². The lowest BCUT2D eigenvalue weighted by molar-refractivity contribution is 0.0594. The van der Waals surface area contributed by atoms with Crippen LogP contribution in [0.2, 0.25) is 0 Å². The van der Waals surface area contributed by atoms with Crippen LogP contribution in [0.25, 0.3) is 11.1 Å². The van der Waals surface area contributed by atoms with Gasteiger partial charge in [-0.1, -0.05) is 48.5 Å². The number of carbonyl (C=O) groups excluding carboxylic acids is 1. The maximum Gasteiger partial charge on any atom is 0.254 e. The number of amides is 1. The Kier molecular flexibility index (Phi) is 3.23. The molecule has 3 nitrogen and oxygen atoms in total. The van der Waals surface area contributed by atoms with E-state index in [1.807, 2.05) is 42.5 Å². The van der Waals surface area contributed by atoms with Crippen LogP contribution in [0.4, 0.5) is 0 Å². The van der Waals surface area contributed by atoms with Crippen molar-refractivity contribution in [1.82, 2.24) is 4.90 Å². The van der Waals surface area contributed by atoms with Crippen molar-refractivity contribution in [1.29, 1.82) is 0 Å². The van der Waals surface area contributed by atoms with Crippen molar-refractivity contribution in [2.45, 2.75) is 25.0 Å². The fourth-order valence-corrected chi connectivity index (χ4v) is 4.84. The Morgan fingerprint density at radius 2 is 1.50 bits per heavy atom. The normalized spacial score (nSPS) is 30.6. The van der Waals surface area contributed by atoms with Gasteiger partial charge in [0.15, 0.2) is 0 Å². The Labute approximate surface area is 142 Å². The number of hydrogen-bond donors (Lipinski definition) is 0. The van der Waals surface area contributed by atoms with Gasteiger partial charge in [-0.15, -0.1) is 0 Å². The van der Waals surface area contributed by atoms with Gasteiger partial charge >= 0.3 is 0 Å². The number of carbonyl (C=O) groups is 1. The molecule has 2 aromatic rings. The van der Waals surface area contributed by atoms with Crippen molar-refractivity contribution < 1.29 is 9.53 Å². The number of rotatable bonds is 2. The van der Waals surface area contributed by atoms with Crippen LogP contribution in [-0.4, -0.2) is 36.1 Å². The van der Waals surface area contributed by atoms with Crippen LogP contribution >= 0.6 is 0 Å². The second kappa shape index (κ2) is 5.45. The zero-order valence-corrected chi connectivity index (χ0v) is 13.6. The van der Waals surface area contributed by atoms with Crippen LogP contribution in [0.15, 0.2) is 54.6 Å². The molecule has 0 spiro atoms. The first-order valence-corrected chi connectivity index (χ1v) is 8.90. The summed E-state index contributed by atoms with van der Waals surface area (Å²) in [5, 5.41) is 0. The van der Waals surface area contributed by atoms with E-state index in [-0.39, 0.29) is 5.91 Å². The highest BCUT2D eigenvalue weighted by atomic mass is 16.5. The van der Waals surface area contributed by atoms with Crippen LogP contribution in [-0.2, 0) is 4.74 Å². The summed E-state index contributed by atoms with van der Waals surface area (Å²) >= 11 is 0. The summed E-state index contributed by atoms with van der Waals surface area (Å²) < 4.78 is 6.03. The zero-order chi connectivity index (χ0) is 16.1. The Hall–Kier alpha value is -2.13. The Balaban J connectivity index is 1.45. The molecule has 0 saturated carbocycles. The molecule has 2 bridgehead atoms. The van der Waals surface area contributed by atoms with Crippen LogP contribution < -0.4 is 0 Å². The molecule has 5 rings (SSSR count). The van der Waals surface area contributed by atoms with Crippen molar-refractivity contribution in [2.24, 2.45) is 11.8 Å². The van der Waals surface area contributed by atoms with Gasteiger partial charge in [-0.05, 0) is 30.0 Å². The van der Waals surface area contributed by atoms with Gasteiger partial charge in [-0.25, -0.2) is 0 Å². The molecule has 24 heavy (non-hydrogen) atoms. The quantitative estimate of drug-likeness (QED) is 0.846. The van der Waals surface area contributed by atoms with Crippen molar-refractivity contribution in [3.8, 4) is 11.1 Å². The maximum absolute atomic E-state index is 13.2.